The van der Waals surface area contributed by atoms with Crippen molar-refractivity contribution in [2.75, 3.05) is 19.6 Å². The first-order valence-electron chi connectivity index (χ1n) is 8.91. The van der Waals surface area contributed by atoms with Gasteiger partial charge in [-0.05, 0) is 38.8 Å². The molecule has 0 heterocycles. The number of benzene rings is 1. The van der Waals surface area contributed by atoms with E-state index in [1.165, 1.54) is 0 Å². The molecule has 0 aliphatic rings. The van der Waals surface area contributed by atoms with Crippen LogP contribution in [0.15, 0.2) is 28.7 Å². The van der Waals surface area contributed by atoms with E-state index >= 15 is 0 Å². The first kappa shape index (κ1) is 23.0. The van der Waals surface area contributed by atoms with Crippen LogP contribution in [-0.2, 0) is 20.7 Å². The highest BCUT2D eigenvalue weighted by molar-refractivity contribution is 9.10. The molecule has 0 radical (unpaired) electrons. The first-order valence-corrected chi connectivity index (χ1v) is 9.70. The number of halogens is 1. The molecule has 150 valence electrons. The standard InChI is InChI=1S/C19H28BrN3O4/c1-19(2,3)27-18(26)23-12-9-16(24)21-10-6-11-22-17(25)13-14-7-4-5-8-15(14)20/h4-5,7-8H,6,9-13H2,1-3H3,(H,21,24)(H,22,25)(H,23,26). The van der Waals surface area contributed by atoms with Crippen molar-refractivity contribution >= 4 is 33.8 Å². The van der Waals surface area contributed by atoms with Gasteiger partial charge in [0.15, 0.2) is 0 Å². The number of nitrogens with one attached hydrogen (secondary N) is 3. The molecule has 0 unspecified atom stereocenters. The van der Waals surface area contributed by atoms with Gasteiger partial charge < -0.3 is 20.7 Å². The number of carbonyl (C=O) groups excluding carboxylic acids is 3. The second kappa shape index (κ2) is 11.6. The lowest BCUT2D eigenvalue weighted by Crippen LogP contribution is -2.35. The summed E-state index contributed by atoms with van der Waals surface area (Å²) in [6.07, 6.45) is 0.577. The van der Waals surface area contributed by atoms with Crippen molar-refractivity contribution in [3.05, 3.63) is 34.3 Å². The summed E-state index contributed by atoms with van der Waals surface area (Å²) < 4.78 is 5.99. The average Bonchev–Trinajstić information content (AvgIpc) is 2.55. The minimum absolute atomic E-state index is 0.0604. The van der Waals surface area contributed by atoms with Crippen molar-refractivity contribution in [1.82, 2.24) is 16.0 Å². The molecule has 7 nitrogen and oxygen atoms in total. The van der Waals surface area contributed by atoms with E-state index in [-0.39, 0.29) is 24.8 Å². The van der Waals surface area contributed by atoms with Crippen molar-refractivity contribution in [2.45, 2.75) is 45.6 Å². The maximum atomic E-state index is 11.9. The van der Waals surface area contributed by atoms with E-state index < -0.39 is 11.7 Å². The third kappa shape index (κ3) is 11.3. The van der Waals surface area contributed by atoms with Gasteiger partial charge in [0, 0.05) is 30.5 Å². The summed E-state index contributed by atoms with van der Waals surface area (Å²) in [6, 6.07) is 7.59. The fraction of sp³-hybridized carbons (Fsp3) is 0.526. The Morgan fingerprint density at radius 1 is 0.963 bits per heavy atom. The smallest absolute Gasteiger partial charge is 0.407 e. The second-order valence-electron chi connectivity index (χ2n) is 7.00. The number of carbonyl (C=O) groups is 3. The van der Waals surface area contributed by atoms with E-state index in [0.717, 1.165) is 10.0 Å². The molecule has 0 spiro atoms. The summed E-state index contributed by atoms with van der Waals surface area (Å²) in [4.78, 5) is 35.0. The Bertz CT molecular complexity index is 644. The summed E-state index contributed by atoms with van der Waals surface area (Å²) in [6.45, 7) is 6.48. The van der Waals surface area contributed by atoms with Crippen molar-refractivity contribution in [1.29, 1.82) is 0 Å². The first-order chi connectivity index (χ1) is 12.7. The quantitative estimate of drug-likeness (QED) is 0.512. The summed E-state index contributed by atoms with van der Waals surface area (Å²) in [7, 11) is 0. The third-order valence-electron chi connectivity index (χ3n) is 3.33. The van der Waals surface area contributed by atoms with Crippen LogP contribution in [0.25, 0.3) is 0 Å². The minimum Gasteiger partial charge on any atom is -0.444 e. The van der Waals surface area contributed by atoms with Crippen LogP contribution in [0.2, 0.25) is 0 Å². The molecule has 0 saturated heterocycles. The molecular formula is C19H28BrN3O4. The summed E-state index contributed by atoms with van der Waals surface area (Å²) >= 11 is 3.42. The Balaban J connectivity index is 2.07. The Hall–Kier alpha value is -2.09. The van der Waals surface area contributed by atoms with Gasteiger partial charge in [-0.25, -0.2) is 4.79 Å². The van der Waals surface area contributed by atoms with E-state index in [1.54, 1.807) is 20.8 Å². The normalized spacial score (nSPS) is 10.8. The molecule has 0 atom stereocenters. The van der Waals surface area contributed by atoms with Crippen LogP contribution in [-0.4, -0.2) is 43.1 Å². The third-order valence-corrected chi connectivity index (χ3v) is 4.10. The molecular weight excluding hydrogens is 414 g/mol. The van der Waals surface area contributed by atoms with Crippen LogP contribution >= 0.6 is 15.9 Å². The number of ether oxygens (including phenoxy) is 1. The van der Waals surface area contributed by atoms with Crippen LogP contribution in [0.3, 0.4) is 0 Å². The molecule has 0 saturated carbocycles. The van der Waals surface area contributed by atoms with Crippen LogP contribution in [0, 0.1) is 0 Å². The largest absolute Gasteiger partial charge is 0.444 e. The highest BCUT2D eigenvalue weighted by Crippen LogP contribution is 2.16. The van der Waals surface area contributed by atoms with Crippen molar-refractivity contribution in [2.24, 2.45) is 0 Å². The molecule has 0 fully saturated rings. The summed E-state index contributed by atoms with van der Waals surface area (Å²) in [5, 5.41) is 8.11. The Morgan fingerprint density at radius 3 is 2.22 bits per heavy atom. The molecule has 27 heavy (non-hydrogen) atoms. The van der Waals surface area contributed by atoms with Crippen molar-refractivity contribution < 1.29 is 19.1 Å². The molecule has 1 rings (SSSR count). The van der Waals surface area contributed by atoms with E-state index in [2.05, 4.69) is 31.9 Å². The van der Waals surface area contributed by atoms with E-state index in [4.69, 9.17) is 4.74 Å². The molecule has 0 aromatic heterocycles. The molecule has 8 heteroatoms. The highest BCUT2D eigenvalue weighted by atomic mass is 79.9. The summed E-state index contributed by atoms with van der Waals surface area (Å²) in [5.41, 5.74) is 0.369. The molecule has 1 aromatic rings. The van der Waals surface area contributed by atoms with Crippen molar-refractivity contribution in [3.8, 4) is 0 Å². The average molecular weight is 442 g/mol. The SMILES string of the molecule is CC(C)(C)OC(=O)NCCC(=O)NCCCNC(=O)Cc1ccccc1Br. The monoisotopic (exact) mass is 441 g/mol. The van der Waals surface area contributed by atoms with Crippen LogP contribution in [0.5, 0.6) is 0 Å². The number of alkyl carbamates (subject to hydrolysis) is 1. The highest BCUT2D eigenvalue weighted by Gasteiger charge is 2.15. The maximum absolute atomic E-state index is 11.9. The lowest BCUT2D eigenvalue weighted by molar-refractivity contribution is -0.121. The second-order valence-corrected chi connectivity index (χ2v) is 7.85. The van der Waals surface area contributed by atoms with E-state index in [0.29, 0.717) is 25.9 Å². The van der Waals surface area contributed by atoms with Gasteiger partial charge in [0.25, 0.3) is 0 Å². The molecule has 1 aromatic carbocycles. The number of hydrogen-bond donors (Lipinski definition) is 3. The van der Waals surface area contributed by atoms with Gasteiger partial charge in [-0.3, -0.25) is 9.59 Å². The predicted octanol–water partition coefficient (Wildman–Crippen LogP) is 2.53. The molecule has 0 aliphatic heterocycles. The fourth-order valence-electron chi connectivity index (χ4n) is 2.10. The minimum atomic E-state index is -0.562. The van der Waals surface area contributed by atoms with Gasteiger partial charge in [-0.15, -0.1) is 0 Å². The molecule has 0 bridgehead atoms. The maximum Gasteiger partial charge on any atom is 0.407 e. The van der Waals surface area contributed by atoms with Gasteiger partial charge >= 0.3 is 6.09 Å². The van der Waals surface area contributed by atoms with Gasteiger partial charge in [0.2, 0.25) is 11.8 Å². The molecule has 0 aliphatic carbocycles. The zero-order valence-corrected chi connectivity index (χ0v) is 17.6. The topological polar surface area (TPSA) is 96.5 Å². The Labute approximate surface area is 168 Å². The van der Waals surface area contributed by atoms with Crippen LogP contribution in [0.4, 0.5) is 4.79 Å². The van der Waals surface area contributed by atoms with E-state index in [9.17, 15) is 14.4 Å². The zero-order valence-electron chi connectivity index (χ0n) is 16.1. The summed E-state index contributed by atoms with van der Waals surface area (Å²) in [5.74, 6) is -0.222. The van der Waals surface area contributed by atoms with Crippen LogP contribution < -0.4 is 16.0 Å². The number of rotatable bonds is 9. The van der Waals surface area contributed by atoms with Crippen molar-refractivity contribution in [3.63, 3.8) is 0 Å². The lowest BCUT2D eigenvalue weighted by atomic mass is 10.1. The lowest BCUT2D eigenvalue weighted by Gasteiger charge is -2.19. The van der Waals surface area contributed by atoms with Gasteiger partial charge in [-0.2, -0.15) is 0 Å². The predicted molar refractivity (Wildman–Crippen MR) is 107 cm³/mol. The number of amides is 3. The zero-order chi connectivity index (χ0) is 20.3. The van der Waals surface area contributed by atoms with Gasteiger partial charge in [0.1, 0.15) is 5.60 Å². The molecule has 3 N–H and O–H groups in total. The van der Waals surface area contributed by atoms with Gasteiger partial charge in [0.05, 0.1) is 6.42 Å². The van der Waals surface area contributed by atoms with E-state index in [1.807, 2.05) is 24.3 Å². The van der Waals surface area contributed by atoms with Crippen LogP contribution in [0.1, 0.15) is 39.2 Å². The fourth-order valence-corrected chi connectivity index (χ4v) is 2.53. The molecule has 3 amide bonds. The Kier molecular flexibility index (Phi) is 9.85. The number of hydrogen-bond acceptors (Lipinski definition) is 4. The Morgan fingerprint density at radius 2 is 1.59 bits per heavy atom. The van der Waals surface area contributed by atoms with Gasteiger partial charge in [-0.1, -0.05) is 34.1 Å².